The van der Waals surface area contributed by atoms with Gasteiger partial charge in [-0.3, -0.25) is 0 Å². The first-order valence-electron chi connectivity index (χ1n) is 4.53. The Balaban J connectivity index is 2.29. The van der Waals surface area contributed by atoms with Crippen molar-refractivity contribution in [3.8, 4) is 0 Å². The lowest BCUT2D eigenvalue weighted by atomic mass is 10.1. The van der Waals surface area contributed by atoms with E-state index in [1.165, 1.54) is 0 Å². The van der Waals surface area contributed by atoms with Gasteiger partial charge in [0.15, 0.2) is 0 Å². The molecule has 0 fully saturated rings. The average molecular weight is 183 g/mol. The normalized spacial score (nSPS) is 15.6. The molecule has 2 atom stereocenters. The molecule has 0 bridgehead atoms. The van der Waals surface area contributed by atoms with E-state index in [0.29, 0.717) is 0 Å². The SMILES string of the molecule is COC(C)CC(N)Cc1ccco1. The van der Waals surface area contributed by atoms with Crippen LogP contribution in [0.5, 0.6) is 0 Å². The van der Waals surface area contributed by atoms with Gasteiger partial charge in [-0.15, -0.1) is 0 Å². The summed E-state index contributed by atoms with van der Waals surface area (Å²) in [6.07, 6.45) is 3.52. The summed E-state index contributed by atoms with van der Waals surface area (Å²) in [6.45, 7) is 2.02. The molecule has 0 aliphatic heterocycles. The van der Waals surface area contributed by atoms with Gasteiger partial charge >= 0.3 is 0 Å². The van der Waals surface area contributed by atoms with Gasteiger partial charge in [-0.2, -0.15) is 0 Å². The lowest BCUT2D eigenvalue weighted by Crippen LogP contribution is -2.27. The topological polar surface area (TPSA) is 48.4 Å². The second-order valence-electron chi connectivity index (χ2n) is 3.33. The molecule has 1 aromatic heterocycles. The Labute approximate surface area is 78.9 Å². The summed E-state index contributed by atoms with van der Waals surface area (Å²) in [5, 5.41) is 0. The van der Waals surface area contributed by atoms with E-state index in [-0.39, 0.29) is 12.1 Å². The maximum absolute atomic E-state index is 5.90. The molecule has 0 aromatic carbocycles. The number of rotatable bonds is 5. The van der Waals surface area contributed by atoms with Gasteiger partial charge in [-0.05, 0) is 25.5 Å². The van der Waals surface area contributed by atoms with Crippen LogP contribution in [0.2, 0.25) is 0 Å². The molecular formula is C10H17NO2. The lowest BCUT2D eigenvalue weighted by Gasteiger charge is -2.14. The Bertz CT molecular complexity index is 221. The van der Waals surface area contributed by atoms with E-state index in [2.05, 4.69) is 0 Å². The highest BCUT2D eigenvalue weighted by molar-refractivity contribution is 5.00. The van der Waals surface area contributed by atoms with Gasteiger partial charge in [0.25, 0.3) is 0 Å². The van der Waals surface area contributed by atoms with Gasteiger partial charge in [0, 0.05) is 19.6 Å². The van der Waals surface area contributed by atoms with Crippen LogP contribution in [0, 0.1) is 0 Å². The van der Waals surface area contributed by atoms with Gasteiger partial charge in [0.1, 0.15) is 5.76 Å². The molecule has 2 N–H and O–H groups in total. The Morgan fingerprint density at radius 3 is 2.92 bits per heavy atom. The largest absolute Gasteiger partial charge is 0.469 e. The molecule has 1 heterocycles. The van der Waals surface area contributed by atoms with Gasteiger partial charge in [0.2, 0.25) is 0 Å². The van der Waals surface area contributed by atoms with Crippen molar-refractivity contribution in [2.45, 2.75) is 31.9 Å². The van der Waals surface area contributed by atoms with Crippen LogP contribution < -0.4 is 5.73 Å². The summed E-state index contributed by atoms with van der Waals surface area (Å²) in [6, 6.07) is 3.93. The summed E-state index contributed by atoms with van der Waals surface area (Å²) in [5.41, 5.74) is 5.90. The van der Waals surface area contributed by atoms with E-state index in [4.69, 9.17) is 14.9 Å². The van der Waals surface area contributed by atoms with Crippen LogP contribution in [0.15, 0.2) is 22.8 Å². The van der Waals surface area contributed by atoms with Crippen molar-refractivity contribution in [1.82, 2.24) is 0 Å². The number of hydrogen-bond donors (Lipinski definition) is 1. The smallest absolute Gasteiger partial charge is 0.105 e. The van der Waals surface area contributed by atoms with Gasteiger partial charge in [-0.1, -0.05) is 0 Å². The maximum Gasteiger partial charge on any atom is 0.105 e. The third-order valence-electron chi connectivity index (χ3n) is 2.08. The molecule has 13 heavy (non-hydrogen) atoms. The molecule has 0 amide bonds. The first kappa shape index (κ1) is 10.3. The Morgan fingerprint density at radius 2 is 2.38 bits per heavy atom. The van der Waals surface area contributed by atoms with Crippen molar-refractivity contribution < 1.29 is 9.15 Å². The molecule has 1 aromatic rings. The molecule has 2 unspecified atom stereocenters. The molecule has 1 rings (SSSR count). The number of furan rings is 1. The van der Waals surface area contributed by atoms with E-state index >= 15 is 0 Å². The van der Waals surface area contributed by atoms with Crippen molar-refractivity contribution in [3.05, 3.63) is 24.2 Å². The van der Waals surface area contributed by atoms with Crippen LogP contribution in [-0.2, 0) is 11.2 Å². The van der Waals surface area contributed by atoms with Crippen LogP contribution in [0.25, 0.3) is 0 Å². The quantitative estimate of drug-likeness (QED) is 0.753. The highest BCUT2D eigenvalue weighted by atomic mass is 16.5. The molecule has 0 radical (unpaired) electrons. The molecule has 3 heteroatoms. The van der Waals surface area contributed by atoms with E-state index in [0.717, 1.165) is 18.6 Å². The number of hydrogen-bond acceptors (Lipinski definition) is 3. The van der Waals surface area contributed by atoms with Crippen molar-refractivity contribution in [2.75, 3.05) is 7.11 Å². The molecule has 0 aliphatic rings. The maximum atomic E-state index is 5.90. The van der Waals surface area contributed by atoms with E-state index in [1.54, 1.807) is 13.4 Å². The van der Waals surface area contributed by atoms with Crippen molar-refractivity contribution >= 4 is 0 Å². The predicted octanol–water partition coefficient (Wildman–Crippen LogP) is 1.57. The zero-order chi connectivity index (χ0) is 9.68. The Morgan fingerprint density at radius 1 is 1.62 bits per heavy atom. The molecule has 3 nitrogen and oxygen atoms in total. The summed E-state index contributed by atoms with van der Waals surface area (Å²) < 4.78 is 10.3. The fourth-order valence-electron chi connectivity index (χ4n) is 1.29. The zero-order valence-corrected chi connectivity index (χ0v) is 8.19. The molecular weight excluding hydrogens is 166 g/mol. The van der Waals surface area contributed by atoms with Crippen LogP contribution in [0.1, 0.15) is 19.1 Å². The summed E-state index contributed by atoms with van der Waals surface area (Å²) in [4.78, 5) is 0. The van der Waals surface area contributed by atoms with Crippen LogP contribution in [-0.4, -0.2) is 19.3 Å². The van der Waals surface area contributed by atoms with Crippen molar-refractivity contribution in [3.63, 3.8) is 0 Å². The van der Waals surface area contributed by atoms with Crippen LogP contribution in [0.4, 0.5) is 0 Å². The van der Waals surface area contributed by atoms with Gasteiger partial charge < -0.3 is 14.9 Å². The minimum absolute atomic E-state index is 0.112. The molecule has 0 saturated carbocycles. The van der Waals surface area contributed by atoms with Crippen molar-refractivity contribution in [1.29, 1.82) is 0 Å². The second kappa shape index (κ2) is 5.04. The van der Waals surface area contributed by atoms with Gasteiger partial charge in [0.05, 0.1) is 12.4 Å². The third-order valence-corrected chi connectivity index (χ3v) is 2.08. The van der Waals surface area contributed by atoms with Crippen LogP contribution in [0.3, 0.4) is 0 Å². The van der Waals surface area contributed by atoms with Crippen molar-refractivity contribution in [2.24, 2.45) is 5.73 Å². The highest BCUT2D eigenvalue weighted by Crippen LogP contribution is 2.07. The molecule has 0 aliphatic carbocycles. The minimum atomic E-state index is 0.112. The standard InChI is InChI=1S/C10H17NO2/c1-8(12-2)6-9(11)7-10-4-3-5-13-10/h3-5,8-9H,6-7,11H2,1-2H3. The third kappa shape index (κ3) is 3.61. The second-order valence-corrected chi connectivity index (χ2v) is 3.33. The summed E-state index contributed by atoms with van der Waals surface area (Å²) >= 11 is 0. The first-order valence-corrected chi connectivity index (χ1v) is 4.53. The monoisotopic (exact) mass is 183 g/mol. The molecule has 0 spiro atoms. The molecule has 74 valence electrons. The predicted molar refractivity (Wildman–Crippen MR) is 51.5 cm³/mol. The highest BCUT2D eigenvalue weighted by Gasteiger charge is 2.10. The summed E-state index contributed by atoms with van der Waals surface area (Å²) in [5.74, 6) is 0.941. The van der Waals surface area contributed by atoms with Crippen LogP contribution >= 0.6 is 0 Å². The number of methoxy groups -OCH3 is 1. The first-order chi connectivity index (χ1) is 6.22. The number of nitrogens with two attached hydrogens (primary N) is 1. The lowest BCUT2D eigenvalue weighted by molar-refractivity contribution is 0.104. The Kier molecular flexibility index (Phi) is 3.99. The minimum Gasteiger partial charge on any atom is -0.469 e. The van der Waals surface area contributed by atoms with E-state index < -0.39 is 0 Å². The van der Waals surface area contributed by atoms with E-state index in [1.807, 2.05) is 19.1 Å². The van der Waals surface area contributed by atoms with E-state index in [9.17, 15) is 0 Å². The Hall–Kier alpha value is -0.800. The zero-order valence-electron chi connectivity index (χ0n) is 8.19. The fourth-order valence-corrected chi connectivity index (χ4v) is 1.29. The molecule has 0 saturated heterocycles. The number of ether oxygens (including phenoxy) is 1. The average Bonchev–Trinajstić information content (AvgIpc) is 2.56. The van der Waals surface area contributed by atoms with Gasteiger partial charge in [-0.25, -0.2) is 0 Å². The summed E-state index contributed by atoms with van der Waals surface area (Å²) in [7, 11) is 1.70. The fraction of sp³-hybridized carbons (Fsp3) is 0.600.